The minimum absolute atomic E-state index is 0. The zero-order valence-electron chi connectivity index (χ0n) is 15.4. The van der Waals surface area contributed by atoms with Gasteiger partial charge >= 0.3 is 0 Å². The summed E-state index contributed by atoms with van der Waals surface area (Å²) in [6.07, 6.45) is 6.40. The van der Waals surface area contributed by atoms with Crippen LogP contribution in [0.1, 0.15) is 50.1 Å². The number of rotatable bonds is 7. The van der Waals surface area contributed by atoms with Gasteiger partial charge in [0.25, 0.3) is 0 Å². The molecule has 6 heteroatoms. The minimum Gasteiger partial charge on any atom is -0.348 e. The number of benzene rings is 1. The predicted molar refractivity (Wildman–Crippen MR) is 110 cm³/mol. The Morgan fingerprint density at radius 2 is 1.76 bits per heavy atom. The van der Waals surface area contributed by atoms with E-state index in [1.54, 1.807) is 0 Å². The van der Waals surface area contributed by atoms with Crippen LogP contribution in [0.4, 0.5) is 0 Å². The van der Waals surface area contributed by atoms with Crippen molar-refractivity contribution in [2.24, 2.45) is 11.1 Å². The summed E-state index contributed by atoms with van der Waals surface area (Å²) in [4.78, 5) is 14.8. The molecule has 1 aromatic rings. The van der Waals surface area contributed by atoms with E-state index in [1.807, 2.05) is 32.3 Å². The Hall–Kier alpha value is -0.810. The summed E-state index contributed by atoms with van der Waals surface area (Å²) in [6, 6.07) is 10.2. The van der Waals surface area contributed by atoms with Gasteiger partial charge in [-0.25, -0.2) is 0 Å². The van der Waals surface area contributed by atoms with Gasteiger partial charge in [0.2, 0.25) is 5.91 Å². The summed E-state index contributed by atoms with van der Waals surface area (Å²) < 4.78 is 0. The summed E-state index contributed by atoms with van der Waals surface area (Å²) in [5.74, 6) is 0.132. The van der Waals surface area contributed by atoms with E-state index in [-0.39, 0.29) is 42.2 Å². The van der Waals surface area contributed by atoms with Crippen LogP contribution in [0.3, 0.4) is 0 Å². The molecule has 0 saturated heterocycles. The van der Waals surface area contributed by atoms with Crippen molar-refractivity contribution < 1.29 is 4.79 Å². The third kappa shape index (κ3) is 7.53. The van der Waals surface area contributed by atoms with Crippen molar-refractivity contribution in [1.29, 1.82) is 0 Å². The van der Waals surface area contributed by atoms with Gasteiger partial charge in [0.05, 0.1) is 6.04 Å². The molecule has 0 heterocycles. The van der Waals surface area contributed by atoms with E-state index in [2.05, 4.69) is 22.3 Å². The van der Waals surface area contributed by atoms with Crippen molar-refractivity contribution in [3.63, 3.8) is 0 Å². The largest absolute Gasteiger partial charge is 0.348 e. The summed E-state index contributed by atoms with van der Waals surface area (Å²) in [5, 5.41) is 3.23. The average molecular weight is 390 g/mol. The number of nitrogens with one attached hydrogen (secondary N) is 1. The van der Waals surface area contributed by atoms with E-state index in [0.29, 0.717) is 13.0 Å². The molecular weight excluding hydrogens is 357 g/mol. The highest BCUT2D eigenvalue weighted by Gasteiger charge is 2.33. The van der Waals surface area contributed by atoms with Crippen LogP contribution in [0.2, 0.25) is 0 Å². The second-order valence-corrected chi connectivity index (χ2v) is 7.23. The molecule has 0 aromatic heterocycles. The Bertz CT molecular complexity index is 491. The van der Waals surface area contributed by atoms with Crippen LogP contribution >= 0.6 is 24.8 Å². The Kier molecular flexibility index (Phi) is 11.4. The quantitative estimate of drug-likeness (QED) is 0.749. The second kappa shape index (κ2) is 11.7. The fourth-order valence-electron chi connectivity index (χ4n) is 3.63. The van der Waals surface area contributed by atoms with Gasteiger partial charge < -0.3 is 16.0 Å². The summed E-state index contributed by atoms with van der Waals surface area (Å²) in [6.45, 7) is 1.41. The third-order valence-electron chi connectivity index (χ3n) is 4.97. The average Bonchev–Trinajstić information content (AvgIpc) is 2.55. The molecule has 4 nitrogen and oxygen atoms in total. The molecule has 0 spiro atoms. The zero-order chi connectivity index (χ0) is 16.7. The lowest BCUT2D eigenvalue weighted by Crippen LogP contribution is -2.41. The number of hydrogen-bond acceptors (Lipinski definition) is 3. The first-order valence-corrected chi connectivity index (χ1v) is 8.74. The molecule has 1 unspecified atom stereocenters. The van der Waals surface area contributed by atoms with Crippen LogP contribution in [-0.4, -0.2) is 38.0 Å². The number of nitrogens with two attached hydrogens (primary N) is 1. The molecule has 0 aliphatic heterocycles. The highest BCUT2D eigenvalue weighted by molar-refractivity contribution is 5.85. The first kappa shape index (κ1) is 24.2. The van der Waals surface area contributed by atoms with Gasteiger partial charge in [0.15, 0.2) is 0 Å². The fraction of sp³-hybridized carbons (Fsp3) is 0.632. The number of nitrogens with zero attached hydrogens (tertiary/aromatic N) is 1. The highest BCUT2D eigenvalue weighted by atomic mass is 35.5. The van der Waals surface area contributed by atoms with E-state index < -0.39 is 0 Å². The van der Waals surface area contributed by atoms with E-state index in [4.69, 9.17) is 5.73 Å². The number of halogens is 2. The molecule has 2 rings (SSSR count). The maximum absolute atomic E-state index is 12.7. The van der Waals surface area contributed by atoms with E-state index in [1.165, 1.54) is 19.3 Å². The highest BCUT2D eigenvalue weighted by Crippen LogP contribution is 2.38. The molecular formula is C19H33Cl2N3O. The van der Waals surface area contributed by atoms with Crippen molar-refractivity contribution >= 4 is 30.7 Å². The van der Waals surface area contributed by atoms with Crippen LogP contribution in [0.5, 0.6) is 0 Å². The van der Waals surface area contributed by atoms with Crippen molar-refractivity contribution in [3.05, 3.63) is 35.9 Å². The van der Waals surface area contributed by atoms with Gasteiger partial charge in [-0.3, -0.25) is 4.79 Å². The van der Waals surface area contributed by atoms with Crippen molar-refractivity contribution in [3.8, 4) is 0 Å². The maximum atomic E-state index is 12.7. The molecule has 25 heavy (non-hydrogen) atoms. The summed E-state index contributed by atoms with van der Waals surface area (Å²) in [5.41, 5.74) is 7.19. The van der Waals surface area contributed by atoms with E-state index in [0.717, 1.165) is 24.9 Å². The van der Waals surface area contributed by atoms with Crippen molar-refractivity contribution in [1.82, 2.24) is 10.2 Å². The number of carbonyl (C=O) groups excluding carboxylic acids is 1. The molecule has 1 atom stereocenters. The Morgan fingerprint density at radius 3 is 2.28 bits per heavy atom. The number of carbonyl (C=O) groups is 1. The van der Waals surface area contributed by atoms with Crippen LogP contribution in [0.15, 0.2) is 30.3 Å². The molecule has 1 aromatic carbocycles. The first-order chi connectivity index (χ1) is 11.0. The van der Waals surface area contributed by atoms with Gasteiger partial charge in [-0.15, -0.1) is 24.8 Å². The lowest BCUT2D eigenvalue weighted by Gasteiger charge is -2.36. The minimum atomic E-state index is 0. The Morgan fingerprint density at radius 1 is 1.16 bits per heavy atom. The summed E-state index contributed by atoms with van der Waals surface area (Å²) >= 11 is 0. The molecule has 0 radical (unpaired) electrons. The van der Waals surface area contributed by atoms with Gasteiger partial charge in [0, 0.05) is 13.0 Å². The van der Waals surface area contributed by atoms with Crippen LogP contribution in [-0.2, 0) is 4.79 Å². The predicted octanol–water partition coefficient (Wildman–Crippen LogP) is 3.55. The first-order valence-electron chi connectivity index (χ1n) is 8.74. The Balaban J connectivity index is 0.00000288. The molecule has 1 aliphatic rings. The zero-order valence-corrected chi connectivity index (χ0v) is 17.0. The molecule has 1 amide bonds. The number of amides is 1. The number of hydrogen-bond donors (Lipinski definition) is 2. The van der Waals surface area contributed by atoms with E-state index >= 15 is 0 Å². The van der Waals surface area contributed by atoms with Gasteiger partial charge in [-0.2, -0.15) is 0 Å². The fourth-order valence-corrected chi connectivity index (χ4v) is 3.63. The topological polar surface area (TPSA) is 58.4 Å². The smallest absolute Gasteiger partial charge is 0.221 e. The second-order valence-electron chi connectivity index (χ2n) is 7.23. The molecule has 3 N–H and O–H groups in total. The number of likely N-dealkylation sites (N-methyl/N-ethyl adjacent to an activating group) is 1. The van der Waals surface area contributed by atoms with Crippen LogP contribution in [0, 0.1) is 5.41 Å². The lowest BCUT2D eigenvalue weighted by molar-refractivity contribution is -0.124. The third-order valence-corrected chi connectivity index (χ3v) is 4.97. The van der Waals surface area contributed by atoms with Crippen molar-refractivity contribution in [2.45, 2.75) is 44.6 Å². The SMILES string of the molecule is CN(C)CC(NC(=O)CC1(CN)CCCCC1)c1ccccc1.Cl.Cl. The van der Waals surface area contributed by atoms with Gasteiger partial charge in [-0.1, -0.05) is 49.6 Å². The lowest BCUT2D eigenvalue weighted by atomic mass is 9.71. The molecule has 144 valence electrons. The summed E-state index contributed by atoms with van der Waals surface area (Å²) in [7, 11) is 4.06. The molecule has 0 bridgehead atoms. The maximum Gasteiger partial charge on any atom is 0.221 e. The molecule has 1 saturated carbocycles. The normalized spacial score (nSPS) is 17.1. The Labute approximate surface area is 164 Å². The molecule has 1 aliphatic carbocycles. The van der Waals surface area contributed by atoms with Crippen LogP contribution in [0.25, 0.3) is 0 Å². The van der Waals surface area contributed by atoms with Crippen LogP contribution < -0.4 is 11.1 Å². The van der Waals surface area contributed by atoms with E-state index in [9.17, 15) is 4.79 Å². The van der Waals surface area contributed by atoms with Crippen molar-refractivity contribution in [2.75, 3.05) is 27.2 Å². The standard InChI is InChI=1S/C19H31N3O.2ClH/c1-22(2)14-17(16-9-5-3-6-10-16)21-18(23)13-19(15-20)11-7-4-8-12-19;;/h3,5-6,9-10,17H,4,7-8,11-15,20H2,1-2H3,(H,21,23);2*1H. The van der Waals surface area contributed by atoms with Gasteiger partial charge in [-0.05, 0) is 44.5 Å². The molecule has 1 fully saturated rings. The monoisotopic (exact) mass is 389 g/mol. The van der Waals surface area contributed by atoms with Gasteiger partial charge in [0.1, 0.15) is 0 Å².